The number of phenolic OH excluding ortho intramolecular Hbond substituents is 1. The van der Waals surface area contributed by atoms with Crippen molar-refractivity contribution >= 4 is 11.6 Å². The average Bonchev–Trinajstić information content (AvgIpc) is 2.39. The number of aromatic hydroxyl groups is 1. The number of likely N-dealkylation sites (N-methyl/N-ethyl adjacent to an activating group) is 1. The summed E-state index contributed by atoms with van der Waals surface area (Å²) in [6.45, 7) is 2.79. The molecule has 104 valence electrons. The average molecular weight is 265 g/mol. The Morgan fingerprint density at radius 2 is 2.42 bits per heavy atom. The first-order valence-electron chi connectivity index (χ1n) is 6.23. The fourth-order valence-electron chi connectivity index (χ4n) is 2.03. The van der Waals surface area contributed by atoms with Crippen LogP contribution in [-0.2, 0) is 4.74 Å². The number of benzene rings is 1. The number of nitrogen functional groups attached to an aromatic ring is 1. The molecule has 0 bridgehead atoms. The maximum atomic E-state index is 12.0. The van der Waals surface area contributed by atoms with E-state index in [1.54, 1.807) is 0 Å². The highest BCUT2D eigenvalue weighted by atomic mass is 16.5. The summed E-state index contributed by atoms with van der Waals surface area (Å²) < 4.78 is 5.55. The molecule has 6 nitrogen and oxygen atoms in total. The molecule has 2 rings (SSSR count). The molecule has 4 N–H and O–H groups in total. The fourth-order valence-corrected chi connectivity index (χ4v) is 2.03. The van der Waals surface area contributed by atoms with Crippen molar-refractivity contribution < 1.29 is 14.6 Å². The van der Waals surface area contributed by atoms with E-state index in [1.165, 1.54) is 18.2 Å². The van der Waals surface area contributed by atoms with Crippen molar-refractivity contribution in [3.63, 3.8) is 0 Å². The summed E-state index contributed by atoms with van der Waals surface area (Å²) in [5, 5.41) is 12.1. The summed E-state index contributed by atoms with van der Waals surface area (Å²) in [5.74, 6) is -0.279. The number of ether oxygens (including phenoxy) is 1. The molecule has 1 aliphatic rings. The Bertz CT molecular complexity index is 464. The van der Waals surface area contributed by atoms with E-state index in [0.717, 1.165) is 13.1 Å². The number of nitrogens with two attached hydrogens (primary N) is 1. The van der Waals surface area contributed by atoms with Gasteiger partial charge in [0, 0.05) is 25.3 Å². The molecule has 1 saturated heterocycles. The van der Waals surface area contributed by atoms with E-state index in [0.29, 0.717) is 18.8 Å². The Labute approximate surface area is 112 Å². The van der Waals surface area contributed by atoms with Gasteiger partial charge in [0.25, 0.3) is 5.91 Å². The second-order valence-electron chi connectivity index (χ2n) is 4.74. The molecule has 1 aromatic carbocycles. The predicted octanol–water partition coefficient (Wildman–Crippen LogP) is 0.0348. The van der Waals surface area contributed by atoms with Crippen LogP contribution < -0.4 is 11.1 Å². The highest BCUT2D eigenvalue weighted by Gasteiger charge is 2.19. The minimum Gasteiger partial charge on any atom is -0.508 e. The molecule has 0 aliphatic carbocycles. The summed E-state index contributed by atoms with van der Waals surface area (Å²) >= 11 is 0. The molecule has 19 heavy (non-hydrogen) atoms. The highest BCUT2D eigenvalue weighted by Crippen LogP contribution is 2.18. The smallest absolute Gasteiger partial charge is 0.253 e. The van der Waals surface area contributed by atoms with Gasteiger partial charge >= 0.3 is 0 Å². The molecule has 1 amide bonds. The van der Waals surface area contributed by atoms with Crippen LogP contribution in [0.1, 0.15) is 10.4 Å². The zero-order valence-corrected chi connectivity index (χ0v) is 10.9. The quantitative estimate of drug-likeness (QED) is 0.530. The number of hydrogen-bond donors (Lipinski definition) is 3. The Kier molecular flexibility index (Phi) is 4.24. The van der Waals surface area contributed by atoms with Crippen molar-refractivity contribution in [1.82, 2.24) is 10.2 Å². The van der Waals surface area contributed by atoms with Crippen molar-refractivity contribution in [2.24, 2.45) is 0 Å². The highest BCUT2D eigenvalue weighted by molar-refractivity contribution is 5.99. The van der Waals surface area contributed by atoms with Crippen LogP contribution in [0.5, 0.6) is 5.75 Å². The third kappa shape index (κ3) is 3.59. The second-order valence-corrected chi connectivity index (χ2v) is 4.74. The first-order valence-corrected chi connectivity index (χ1v) is 6.23. The van der Waals surface area contributed by atoms with Crippen LogP contribution in [0.25, 0.3) is 0 Å². The van der Waals surface area contributed by atoms with Gasteiger partial charge in [-0.25, -0.2) is 0 Å². The molecule has 1 aromatic rings. The van der Waals surface area contributed by atoms with E-state index in [4.69, 9.17) is 10.5 Å². The van der Waals surface area contributed by atoms with Crippen molar-refractivity contribution in [3.8, 4) is 5.75 Å². The van der Waals surface area contributed by atoms with Gasteiger partial charge in [-0.15, -0.1) is 0 Å². The van der Waals surface area contributed by atoms with Crippen molar-refractivity contribution in [2.75, 3.05) is 39.0 Å². The van der Waals surface area contributed by atoms with Gasteiger partial charge in [0.2, 0.25) is 0 Å². The minimum atomic E-state index is -0.301. The van der Waals surface area contributed by atoms with Crippen LogP contribution in [0, 0.1) is 0 Å². The van der Waals surface area contributed by atoms with E-state index in [1.807, 2.05) is 7.05 Å². The van der Waals surface area contributed by atoms with E-state index >= 15 is 0 Å². The molecule has 6 heteroatoms. The lowest BCUT2D eigenvalue weighted by atomic mass is 10.1. The van der Waals surface area contributed by atoms with Gasteiger partial charge in [-0.1, -0.05) is 0 Å². The molecular formula is C13H19N3O3. The molecule has 0 radical (unpaired) electrons. The van der Waals surface area contributed by atoms with Crippen LogP contribution in [0.15, 0.2) is 18.2 Å². The number of hydrogen-bond acceptors (Lipinski definition) is 5. The van der Waals surface area contributed by atoms with Crippen molar-refractivity contribution in [2.45, 2.75) is 6.10 Å². The van der Waals surface area contributed by atoms with Crippen LogP contribution in [0.3, 0.4) is 0 Å². The van der Waals surface area contributed by atoms with Crippen molar-refractivity contribution in [3.05, 3.63) is 23.8 Å². The summed E-state index contributed by atoms with van der Waals surface area (Å²) in [4.78, 5) is 14.1. The lowest BCUT2D eigenvalue weighted by Gasteiger charge is -2.30. The number of nitrogens with zero attached hydrogens (tertiary/aromatic N) is 1. The van der Waals surface area contributed by atoms with Crippen LogP contribution >= 0.6 is 0 Å². The monoisotopic (exact) mass is 265 g/mol. The van der Waals surface area contributed by atoms with Gasteiger partial charge in [-0.3, -0.25) is 4.79 Å². The Morgan fingerprint density at radius 3 is 3.16 bits per heavy atom. The van der Waals surface area contributed by atoms with Crippen LogP contribution in [0.4, 0.5) is 5.69 Å². The Morgan fingerprint density at radius 1 is 1.63 bits per heavy atom. The lowest BCUT2D eigenvalue weighted by molar-refractivity contribution is -0.0174. The van der Waals surface area contributed by atoms with E-state index in [2.05, 4.69) is 10.2 Å². The molecule has 0 aromatic heterocycles. The topological polar surface area (TPSA) is 87.8 Å². The number of carbonyl (C=O) groups excluding carboxylic acids is 1. The van der Waals surface area contributed by atoms with Crippen LogP contribution in [-0.4, -0.2) is 55.3 Å². The number of amides is 1. The first kappa shape index (κ1) is 13.6. The molecule has 1 atom stereocenters. The standard InChI is InChI=1S/C13H19N3O3/c1-16-4-5-19-10(8-16)7-15-13(18)11-6-9(17)2-3-12(11)14/h2-3,6,10,17H,4-5,7-8,14H2,1H3,(H,15,18). The summed E-state index contributed by atoms with van der Waals surface area (Å²) in [5.41, 5.74) is 6.34. The normalized spacial score (nSPS) is 20.2. The minimum absolute atomic E-state index is 0.0127. The van der Waals surface area contributed by atoms with E-state index in [-0.39, 0.29) is 23.3 Å². The number of phenols is 1. The lowest BCUT2D eigenvalue weighted by Crippen LogP contribution is -2.46. The summed E-state index contributed by atoms with van der Waals surface area (Å²) in [7, 11) is 2.02. The molecule has 0 spiro atoms. The number of rotatable bonds is 3. The Balaban J connectivity index is 1.92. The Hall–Kier alpha value is -1.79. The third-order valence-electron chi connectivity index (χ3n) is 3.11. The number of morpholine rings is 1. The first-order chi connectivity index (χ1) is 9.06. The van der Waals surface area contributed by atoms with E-state index < -0.39 is 0 Å². The molecule has 1 unspecified atom stereocenters. The van der Waals surface area contributed by atoms with Gasteiger partial charge in [0.1, 0.15) is 5.75 Å². The maximum Gasteiger partial charge on any atom is 0.253 e. The number of nitrogens with one attached hydrogen (secondary N) is 1. The largest absolute Gasteiger partial charge is 0.508 e. The van der Waals surface area contributed by atoms with Gasteiger partial charge in [0.05, 0.1) is 18.3 Å². The van der Waals surface area contributed by atoms with Gasteiger partial charge < -0.3 is 25.8 Å². The SMILES string of the molecule is CN1CCOC(CNC(=O)c2cc(O)ccc2N)C1. The summed E-state index contributed by atoms with van der Waals surface area (Å²) in [6.07, 6.45) is -0.0127. The van der Waals surface area contributed by atoms with E-state index in [9.17, 15) is 9.90 Å². The predicted molar refractivity (Wildman–Crippen MR) is 72.1 cm³/mol. The molecule has 1 aliphatic heterocycles. The summed E-state index contributed by atoms with van der Waals surface area (Å²) in [6, 6.07) is 4.32. The van der Waals surface area contributed by atoms with Gasteiger partial charge in [-0.05, 0) is 25.2 Å². The molecule has 0 saturated carbocycles. The molecule has 1 heterocycles. The van der Waals surface area contributed by atoms with Gasteiger partial charge in [-0.2, -0.15) is 0 Å². The maximum absolute atomic E-state index is 12.0. The zero-order chi connectivity index (χ0) is 13.8. The van der Waals surface area contributed by atoms with Gasteiger partial charge in [0.15, 0.2) is 0 Å². The number of anilines is 1. The second kappa shape index (κ2) is 5.90. The zero-order valence-electron chi connectivity index (χ0n) is 10.9. The van der Waals surface area contributed by atoms with Crippen molar-refractivity contribution in [1.29, 1.82) is 0 Å². The van der Waals surface area contributed by atoms with Crippen LogP contribution in [0.2, 0.25) is 0 Å². The molecular weight excluding hydrogens is 246 g/mol. The number of carbonyl (C=O) groups is 1. The fraction of sp³-hybridized carbons (Fsp3) is 0.462. The molecule has 1 fully saturated rings. The third-order valence-corrected chi connectivity index (χ3v) is 3.11.